The van der Waals surface area contributed by atoms with Crippen molar-refractivity contribution in [1.29, 1.82) is 0 Å². The number of methoxy groups -OCH3 is 1. The Morgan fingerprint density at radius 3 is 2.28 bits per heavy atom. The van der Waals surface area contributed by atoms with Gasteiger partial charge >= 0.3 is 0 Å². The van der Waals surface area contributed by atoms with Crippen LogP contribution in [0.2, 0.25) is 0 Å². The van der Waals surface area contributed by atoms with E-state index in [1.165, 1.54) is 0 Å². The van der Waals surface area contributed by atoms with E-state index in [0.29, 0.717) is 12.3 Å². The first-order valence-corrected chi connectivity index (χ1v) is 6.00. The van der Waals surface area contributed by atoms with E-state index in [0.717, 1.165) is 5.56 Å². The van der Waals surface area contributed by atoms with E-state index in [4.69, 9.17) is 4.74 Å². The summed E-state index contributed by atoms with van der Waals surface area (Å²) in [7, 11) is 1.56. The zero-order valence-corrected chi connectivity index (χ0v) is 11.7. The van der Waals surface area contributed by atoms with Crippen LogP contribution >= 0.6 is 0 Å². The maximum atomic E-state index is 10.0. The minimum Gasteiger partial charge on any atom is -0.507 e. The summed E-state index contributed by atoms with van der Waals surface area (Å²) in [6.07, 6.45) is 0. The average Bonchev–Trinajstić information content (AvgIpc) is 2.25. The zero-order chi connectivity index (χ0) is 14.0. The second-order valence-electron chi connectivity index (χ2n) is 5.53. The van der Waals surface area contributed by atoms with E-state index in [1.807, 2.05) is 19.9 Å². The van der Waals surface area contributed by atoms with Gasteiger partial charge in [-0.25, -0.2) is 0 Å². The Balaban J connectivity index is 2.75. The van der Waals surface area contributed by atoms with Gasteiger partial charge in [0.2, 0.25) is 0 Å². The molecule has 0 aromatic heterocycles. The molecule has 0 saturated carbocycles. The van der Waals surface area contributed by atoms with Gasteiger partial charge in [-0.05, 0) is 33.8 Å². The number of ether oxygens (including phenoxy) is 1. The molecule has 1 rings (SSSR count). The summed E-state index contributed by atoms with van der Waals surface area (Å²) in [5, 5.41) is 23.1. The quantitative estimate of drug-likeness (QED) is 0.751. The minimum atomic E-state index is -0.852. The van der Waals surface area contributed by atoms with Gasteiger partial charge in [-0.15, -0.1) is 0 Å². The maximum absolute atomic E-state index is 10.0. The molecule has 0 heterocycles. The lowest BCUT2D eigenvalue weighted by Gasteiger charge is -2.38. The van der Waals surface area contributed by atoms with Gasteiger partial charge in [0.1, 0.15) is 11.5 Å². The number of hydrogen-bond donors (Lipinski definition) is 3. The van der Waals surface area contributed by atoms with Crippen LogP contribution in [0.4, 0.5) is 0 Å². The second-order valence-corrected chi connectivity index (χ2v) is 5.53. The standard InChI is InChI=1S/C14H23NO3/c1-13(2,14(3,4)17)15-9-10-6-7-11(18-5)8-12(10)16/h6-8,15-17H,9H2,1-5H3. The summed E-state index contributed by atoms with van der Waals surface area (Å²) in [6, 6.07) is 5.18. The minimum absolute atomic E-state index is 0.188. The van der Waals surface area contributed by atoms with Gasteiger partial charge in [0.05, 0.1) is 12.7 Å². The molecule has 18 heavy (non-hydrogen) atoms. The van der Waals surface area contributed by atoms with Crippen LogP contribution in [0.25, 0.3) is 0 Å². The highest BCUT2D eigenvalue weighted by Crippen LogP contribution is 2.25. The fraction of sp³-hybridized carbons (Fsp3) is 0.571. The molecular formula is C14H23NO3. The van der Waals surface area contributed by atoms with Gasteiger partial charge in [-0.3, -0.25) is 0 Å². The molecule has 0 aliphatic carbocycles. The fourth-order valence-electron chi connectivity index (χ4n) is 1.35. The molecule has 0 amide bonds. The van der Waals surface area contributed by atoms with Crippen molar-refractivity contribution in [1.82, 2.24) is 5.32 Å². The third-order valence-electron chi connectivity index (χ3n) is 3.54. The van der Waals surface area contributed by atoms with Crippen LogP contribution in [-0.4, -0.2) is 28.5 Å². The number of nitrogens with one attached hydrogen (secondary N) is 1. The van der Waals surface area contributed by atoms with Crippen molar-refractivity contribution in [2.24, 2.45) is 0 Å². The molecule has 0 aliphatic rings. The fourth-order valence-corrected chi connectivity index (χ4v) is 1.35. The summed E-state index contributed by atoms with van der Waals surface area (Å²) in [5.41, 5.74) is -0.540. The monoisotopic (exact) mass is 253 g/mol. The lowest BCUT2D eigenvalue weighted by atomic mass is 9.86. The van der Waals surface area contributed by atoms with Crippen molar-refractivity contribution in [2.75, 3.05) is 7.11 Å². The van der Waals surface area contributed by atoms with Crippen LogP contribution in [0.15, 0.2) is 18.2 Å². The van der Waals surface area contributed by atoms with Gasteiger partial charge in [0.15, 0.2) is 0 Å². The van der Waals surface area contributed by atoms with Gasteiger partial charge < -0.3 is 20.3 Å². The molecule has 0 radical (unpaired) electrons. The van der Waals surface area contributed by atoms with Crippen molar-refractivity contribution in [3.05, 3.63) is 23.8 Å². The molecular weight excluding hydrogens is 230 g/mol. The molecule has 0 saturated heterocycles. The molecule has 1 aromatic rings. The molecule has 1 aromatic carbocycles. The zero-order valence-electron chi connectivity index (χ0n) is 11.7. The number of rotatable bonds is 5. The molecule has 0 spiro atoms. The van der Waals surface area contributed by atoms with Crippen molar-refractivity contribution in [3.63, 3.8) is 0 Å². The molecule has 3 N–H and O–H groups in total. The third kappa shape index (κ3) is 3.37. The first-order chi connectivity index (χ1) is 8.17. The van der Waals surface area contributed by atoms with Crippen LogP contribution < -0.4 is 10.1 Å². The van der Waals surface area contributed by atoms with Crippen molar-refractivity contribution >= 4 is 0 Å². The Morgan fingerprint density at radius 1 is 1.22 bits per heavy atom. The molecule has 102 valence electrons. The van der Waals surface area contributed by atoms with Crippen molar-refractivity contribution in [2.45, 2.75) is 45.4 Å². The number of hydrogen-bond acceptors (Lipinski definition) is 4. The van der Waals surface area contributed by atoms with Gasteiger partial charge in [-0.1, -0.05) is 6.07 Å². The lowest BCUT2D eigenvalue weighted by molar-refractivity contribution is -0.00540. The molecule has 0 aliphatic heterocycles. The van der Waals surface area contributed by atoms with Crippen LogP contribution in [0.3, 0.4) is 0 Å². The van der Waals surface area contributed by atoms with E-state index in [9.17, 15) is 10.2 Å². The van der Waals surface area contributed by atoms with Crippen LogP contribution in [0.5, 0.6) is 11.5 Å². The number of phenolic OH excluding ortho intramolecular Hbond substituents is 1. The van der Waals surface area contributed by atoms with Gasteiger partial charge in [0, 0.05) is 23.7 Å². The third-order valence-corrected chi connectivity index (χ3v) is 3.54. The Morgan fingerprint density at radius 2 is 1.83 bits per heavy atom. The summed E-state index contributed by atoms with van der Waals surface area (Å²) >= 11 is 0. The number of benzene rings is 1. The van der Waals surface area contributed by atoms with Gasteiger partial charge in [-0.2, -0.15) is 0 Å². The normalized spacial score (nSPS) is 12.6. The second kappa shape index (κ2) is 5.16. The maximum Gasteiger partial charge on any atom is 0.123 e. The average molecular weight is 253 g/mol. The Kier molecular flexibility index (Phi) is 4.24. The van der Waals surface area contributed by atoms with E-state index in [1.54, 1.807) is 33.1 Å². The molecule has 0 unspecified atom stereocenters. The van der Waals surface area contributed by atoms with Crippen LogP contribution in [0.1, 0.15) is 33.3 Å². The molecule has 0 fully saturated rings. The largest absolute Gasteiger partial charge is 0.507 e. The summed E-state index contributed by atoms with van der Waals surface area (Å²) < 4.78 is 5.03. The smallest absolute Gasteiger partial charge is 0.123 e. The highest BCUT2D eigenvalue weighted by atomic mass is 16.5. The molecule has 0 atom stereocenters. The lowest BCUT2D eigenvalue weighted by Crippen LogP contribution is -2.55. The Labute approximate surface area is 109 Å². The molecule has 4 heteroatoms. The van der Waals surface area contributed by atoms with Crippen LogP contribution in [-0.2, 0) is 6.54 Å². The van der Waals surface area contributed by atoms with E-state index in [2.05, 4.69) is 5.32 Å². The highest BCUT2D eigenvalue weighted by Gasteiger charge is 2.34. The van der Waals surface area contributed by atoms with Crippen molar-refractivity contribution in [3.8, 4) is 11.5 Å². The van der Waals surface area contributed by atoms with Crippen LogP contribution in [0, 0.1) is 0 Å². The summed E-state index contributed by atoms with van der Waals surface area (Å²) in [4.78, 5) is 0. The van der Waals surface area contributed by atoms with Gasteiger partial charge in [0.25, 0.3) is 0 Å². The number of aliphatic hydroxyl groups is 1. The molecule has 0 bridgehead atoms. The first-order valence-electron chi connectivity index (χ1n) is 6.00. The predicted octanol–water partition coefficient (Wildman–Crippen LogP) is 2.04. The topological polar surface area (TPSA) is 61.7 Å². The van der Waals surface area contributed by atoms with E-state index in [-0.39, 0.29) is 5.75 Å². The Hall–Kier alpha value is -1.26. The first kappa shape index (κ1) is 14.8. The summed E-state index contributed by atoms with van der Waals surface area (Å²) in [5.74, 6) is 0.811. The Bertz CT molecular complexity index is 408. The SMILES string of the molecule is COc1ccc(CNC(C)(C)C(C)(C)O)c(O)c1. The highest BCUT2D eigenvalue weighted by molar-refractivity contribution is 5.39. The summed E-state index contributed by atoms with van der Waals surface area (Å²) in [6.45, 7) is 7.84. The van der Waals surface area contributed by atoms with E-state index >= 15 is 0 Å². The predicted molar refractivity (Wildman–Crippen MR) is 71.9 cm³/mol. The number of phenols is 1. The molecule has 4 nitrogen and oxygen atoms in total. The van der Waals surface area contributed by atoms with E-state index < -0.39 is 11.1 Å². The van der Waals surface area contributed by atoms with Crippen molar-refractivity contribution < 1.29 is 14.9 Å². The number of aromatic hydroxyl groups is 1.